The predicted octanol–water partition coefficient (Wildman–Crippen LogP) is 2.93. The van der Waals surface area contributed by atoms with Crippen LogP contribution in [0.15, 0.2) is 23.4 Å². The van der Waals surface area contributed by atoms with Gasteiger partial charge in [0.1, 0.15) is 23.9 Å². The number of halogens is 2. The van der Waals surface area contributed by atoms with Crippen molar-refractivity contribution in [3.05, 3.63) is 39.0 Å². The number of carbonyl (C=O) groups is 1. The highest BCUT2D eigenvalue weighted by atomic mass is 35.5. The van der Waals surface area contributed by atoms with Crippen LogP contribution in [-0.4, -0.2) is 11.1 Å². The first-order valence-corrected chi connectivity index (χ1v) is 5.64. The first-order valence-electron chi connectivity index (χ1n) is 4.88. The zero-order valence-corrected chi connectivity index (χ0v) is 11.1. The predicted molar refractivity (Wildman–Crippen MR) is 70.9 cm³/mol. The van der Waals surface area contributed by atoms with Crippen LogP contribution in [0.5, 0.6) is 0 Å². The third-order valence-electron chi connectivity index (χ3n) is 2.13. The largest absolute Gasteiger partial charge is 0.478 e. The van der Waals surface area contributed by atoms with Gasteiger partial charge in [0.25, 0.3) is 0 Å². The van der Waals surface area contributed by atoms with Crippen molar-refractivity contribution in [1.82, 2.24) is 0 Å². The molecule has 1 rings (SSSR count). The van der Waals surface area contributed by atoms with Gasteiger partial charge in [-0.3, -0.25) is 0 Å². The van der Waals surface area contributed by atoms with Crippen LogP contribution < -0.4 is 5.32 Å². The minimum Gasteiger partial charge on any atom is -0.478 e. The zero-order chi connectivity index (χ0) is 15.3. The fraction of sp³-hybridized carbons (Fsp3) is 0. The quantitative estimate of drug-likeness (QED) is 0.828. The van der Waals surface area contributed by atoms with E-state index in [0.29, 0.717) is 0 Å². The van der Waals surface area contributed by atoms with E-state index in [0.717, 1.165) is 6.07 Å². The van der Waals surface area contributed by atoms with Gasteiger partial charge in [-0.05, 0) is 12.1 Å². The summed E-state index contributed by atoms with van der Waals surface area (Å²) in [5, 5.41) is 37.6. The number of carboxylic acid groups (broad SMARTS) is 1. The molecule has 2 N–H and O–H groups in total. The monoisotopic (exact) mass is 306 g/mol. The fourth-order valence-electron chi connectivity index (χ4n) is 1.23. The molecule has 0 unspecified atom stereocenters. The highest BCUT2D eigenvalue weighted by Gasteiger charge is 2.15. The van der Waals surface area contributed by atoms with Crippen molar-refractivity contribution >= 4 is 34.9 Å². The number of anilines is 1. The molecule has 0 heterocycles. The summed E-state index contributed by atoms with van der Waals surface area (Å²) in [4.78, 5) is 10.9. The van der Waals surface area contributed by atoms with E-state index in [4.69, 9.17) is 44.1 Å². The molecule has 0 aliphatic carbocycles. The van der Waals surface area contributed by atoms with Crippen molar-refractivity contribution in [1.29, 1.82) is 15.8 Å². The third kappa shape index (κ3) is 3.18. The van der Waals surface area contributed by atoms with Crippen molar-refractivity contribution < 1.29 is 9.90 Å². The minimum absolute atomic E-state index is 0.0444. The highest BCUT2D eigenvalue weighted by molar-refractivity contribution is 6.38. The molecule has 0 aromatic heterocycles. The summed E-state index contributed by atoms with van der Waals surface area (Å²) in [6.07, 6.45) is 0. The fourth-order valence-corrected chi connectivity index (χ4v) is 1.74. The molecule has 0 atom stereocenters. The Labute approximate surface area is 123 Å². The summed E-state index contributed by atoms with van der Waals surface area (Å²) in [6, 6.07) is 7.00. The van der Waals surface area contributed by atoms with Crippen molar-refractivity contribution in [2.45, 2.75) is 0 Å². The van der Waals surface area contributed by atoms with Gasteiger partial charge < -0.3 is 10.4 Å². The van der Waals surface area contributed by atoms with E-state index in [2.05, 4.69) is 5.32 Å². The second-order valence-corrected chi connectivity index (χ2v) is 4.14. The average Bonchev–Trinajstić information content (AvgIpc) is 2.40. The SMILES string of the molecule is N#CC(C#N)=C(C#N)Nc1cc(C(=O)O)c(Cl)cc1Cl. The number of nitriles is 3. The van der Waals surface area contributed by atoms with Gasteiger partial charge in [-0.25, -0.2) is 4.79 Å². The molecular formula is C12H4Cl2N4O2. The van der Waals surface area contributed by atoms with Gasteiger partial charge in [0, 0.05) is 0 Å². The molecule has 20 heavy (non-hydrogen) atoms. The van der Waals surface area contributed by atoms with E-state index in [1.165, 1.54) is 18.2 Å². The molecule has 6 nitrogen and oxygen atoms in total. The number of benzene rings is 1. The lowest BCUT2D eigenvalue weighted by atomic mass is 10.2. The number of rotatable bonds is 3. The molecule has 98 valence electrons. The average molecular weight is 307 g/mol. The van der Waals surface area contributed by atoms with Crippen LogP contribution in [0.25, 0.3) is 0 Å². The third-order valence-corrected chi connectivity index (χ3v) is 2.76. The maximum Gasteiger partial charge on any atom is 0.337 e. The Balaban J connectivity index is 3.37. The molecule has 0 aliphatic rings. The lowest BCUT2D eigenvalue weighted by Crippen LogP contribution is -2.04. The summed E-state index contributed by atoms with van der Waals surface area (Å²) in [6.45, 7) is 0. The Morgan fingerprint density at radius 1 is 1.10 bits per heavy atom. The summed E-state index contributed by atoms with van der Waals surface area (Å²) in [7, 11) is 0. The lowest BCUT2D eigenvalue weighted by Gasteiger charge is -2.09. The molecule has 0 saturated heterocycles. The van der Waals surface area contributed by atoms with Gasteiger partial charge >= 0.3 is 5.97 Å². The second kappa shape index (κ2) is 6.45. The van der Waals surface area contributed by atoms with E-state index in [1.54, 1.807) is 6.07 Å². The van der Waals surface area contributed by atoms with E-state index in [-0.39, 0.29) is 27.0 Å². The topological polar surface area (TPSA) is 121 Å². The molecule has 1 aromatic carbocycles. The van der Waals surface area contributed by atoms with E-state index in [1.807, 2.05) is 0 Å². The summed E-state index contributed by atoms with van der Waals surface area (Å²) in [5.41, 5.74) is -0.967. The summed E-state index contributed by atoms with van der Waals surface area (Å²) >= 11 is 11.6. The number of aromatic carboxylic acids is 1. The van der Waals surface area contributed by atoms with Crippen molar-refractivity contribution in [3.8, 4) is 18.2 Å². The van der Waals surface area contributed by atoms with Crippen LogP contribution in [0.2, 0.25) is 10.0 Å². The smallest absolute Gasteiger partial charge is 0.337 e. The Morgan fingerprint density at radius 2 is 1.70 bits per heavy atom. The molecule has 1 aromatic rings. The van der Waals surface area contributed by atoms with Crippen LogP contribution in [-0.2, 0) is 0 Å². The maximum atomic E-state index is 10.9. The first kappa shape index (κ1) is 15.3. The Bertz CT molecular complexity index is 720. The maximum absolute atomic E-state index is 10.9. The lowest BCUT2D eigenvalue weighted by molar-refractivity contribution is 0.0697. The molecule has 0 radical (unpaired) electrons. The van der Waals surface area contributed by atoms with Gasteiger partial charge in [-0.1, -0.05) is 23.2 Å². The Morgan fingerprint density at radius 3 is 2.15 bits per heavy atom. The molecule has 0 spiro atoms. The number of nitrogens with one attached hydrogen (secondary N) is 1. The first-order chi connectivity index (χ1) is 9.44. The molecule has 0 fully saturated rings. The minimum atomic E-state index is -1.28. The van der Waals surface area contributed by atoms with Gasteiger partial charge in [-0.15, -0.1) is 0 Å². The van der Waals surface area contributed by atoms with Crippen molar-refractivity contribution in [3.63, 3.8) is 0 Å². The van der Waals surface area contributed by atoms with Crippen LogP contribution in [0.1, 0.15) is 10.4 Å². The number of hydrogen-bond donors (Lipinski definition) is 2. The van der Waals surface area contributed by atoms with E-state index in [9.17, 15) is 4.79 Å². The summed E-state index contributed by atoms with van der Waals surface area (Å²) < 4.78 is 0. The standard InChI is InChI=1S/C12H4Cl2N4O2/c13-8-2-9(14)10(1-7(8)12(19)20)18-11(5-17)6(3-15)4-16/h1-2,18H,(H,19,20). The Hall–Kier alpha value is -2.72. The molecule has 0 saturated carbocycles. The van der Waals surface area contributed by atoms with E-state index >= 15 is 0 Å². The number of hydrogen-bond acceptors (Lipinski definition) is 5. The van der Waals surface area contributed by atoms with Crippen LogP contribution >= 0.6 is 23.2 Å². The molecule has 0 bridgehead atoms. The molecular weight excluding hydrogens is 303 g/mol. The number of carboxylic acids is 1. The molecule has 0 aliphatic heterocycles. The van der Waals surface area contributed by atoms with Crippen LogP contribution in [0, 0.1) is 34.0 Å². The van der Waals surface area contributed by atoms with Crippen LogP contribution in [0.4, 0.5) is 5.69 Å². The van der Waals surface area contributed by atoms with Gasteiger partial charge in [0.05, 0.1) is 21.3 Å². The van der Waals surface area contributed by atoms with Gasteiger partial charge in [-0.2, -0.15) is 15.8 Å². The normalized spacial score (nSPS) is 8.75. The van der Waals surface area contributed by atoms with E-state index < -0.39 is 11.5 Å². The number of nitrogens with zero attached hydrogens (tertiary/aromatic N) is 3. The molecule has 8 heteroatoms. The van der Waals surface area contributed by atoms with Crippen molar-refractivity contribution in [2.24, 2.45) is 0 Å². The number of allylic oxidation sites excluding steroid dienone is 2. The second-order valence-electron chi connectivity index (χ2n) is 3.33. The van der Waals surface area contributed by atoms with Gasteiger partial charge in [0.2, 0.25) is 0 Å². The van der Waals surface area contributed by atoms with Crippen molar-refractivity contribution in [2.75, 3.05) is 5.32 Å². The zero-order valence-electron chi connectivity index (χ0n) is 9.61. The highest BCUT2D eigenvalue weighted by Crippen LogP contribution is 2.30. The van der Waals surface area contributed by atoms with Gasteiger partial charge in [0.15, 0.2) is 5.57 Å². The Kier molecular flexibility index (Phi) is 4.94. The molecule has 0 amide bonds. The summed E-state index contributed by atoms with van der Waals surface area (Å²) in [5.74, 6) is -1.28. The van der Waals surface area contributed by atoms with Crippen LogP contribution in [0.3, 0.4) is 0 Å².